The third-order valence-electron chi connectivity index (χ3n) is 3.56. The Hall–Kier alpha value is -0.230. The molecule has 0 aromatic carbocycles. The zero-order valence-electron chi connectivity index (χ0n) is 9.81. The van der Waals surface area contributed by atoms with E-state index in [-0.39, 0.29) is 0 Å². The van der Waals surface area contributed by atoms with E-state index in [1.807, 2.05) is 0 Å². The zero-order valence-corrected chi connectivity index (χ0v) is 11.4. The Balaban J connectivity index is 1.46. The van der Waals surface area contributed by atoms with Gasteiger partial charge in [0, 0.05) is 50.8 Å². The molecule has 0 spiro atoms. The second kappa shape index (κ2) is 5.18. The van der Waals surface area contributed by atoms with Crippen LogP contribution in [0.2, 0.25) is 4.34 Å². The van der Waals surface area contributed by atoms with Crippen LogP contribution in [0.3, 0.4) is 0 Å². The van der Waals surface area contributed by atoms with Gasteiger partial charge < -0.3 is 4.90 Å². The van der Waals surface area contributed by atoms with Gasteiger partial charge in [0.15, 0.2) is 0 Å². The van der Waals surface area contributed by atoms with Gasteiger partial charge in [0.2, 0.25) is 0 Å². The molecule has 3 rings (SSSR count). The van der Waals surface area contributed by atoms with E-state index in [2.05, 4.69) is 19.4 Å². The van der Waals surface area contributed by atoms with Crippen LogP contribution in [0.25, 0.3) is 0 Å². The summed E-state index contributed by atoms with van der Waals surface area (Å²) in [5.41, 5.74) is 0.937. The Labute approximate surface area is 111 Å². The molecule has 94 valence electrons. The van der Waals surface area contributed by atoms with Gasteiger partial charge in [-0.2, -0.15) is 0 Å². The smallest absolute Gasteiger partial charge is 0.138 e. The van der Waals surface area contributed by atoms with Crippen molar-refractivity contribution >= 4 is 23.1 Å². The maximum atomic E-state index is 6.02. The second-order valence-corrected chi connectivity index (χ2v) is 6.37. The molecule has 1 aromatic heterocycles. The lowest BCUT2D eigenvalue weighted by Crippen LogP contribution is -2.46. The van der Waals surface area contributed by atoms with Crippen LogP contribution in [0.1, 0.15) is 18.5 Å². The molecule has 0 bridgehead atoms. The van der Waals surface area contributed by atoms with Crippen LogP contribution in [0, 0.1) is 5.92 Å². The Morgan fingerprint density at radius 1 is 1.18 bits per heavy atom. The number of hydrogen-bond acceptors (Lipinski definition) is 5. The van der Waals surface area contributed by atoms with Gasteiger partial charge in [-0.15, -0.1) is 5.10 Å². The second-order valence-electron chi connectivity index (χ2n) is 5.01. The third-order valence-corrected chi connectivity index (χ3v) is 4.55. The van der Waals surface area contributed by atoms with E-state index in [4.69, 9.17) is 11.6 Å². The summed E-state index contributed by atoms with van der Waals surface area (Å²) in [6, 6.07) is 0. The molecule has 2 heterocycles. The largest absolute Gasteiger partial charge is 0.301 e. The van der Waals surface area contributed by atoms with Crippen LogP contribution < -0.4 is 0 Å². The first-order valence-electron chi connectivity index (χ1n) is 6.22. The number of halogens is 1. The van der Waals surface area contributed by atoms with Crippen molar-refractivity contribution in [2.45, 2.75) is 19.4 Å². The van der Waals surface area contributed by atoms with Crippen molar-refractivity contribution in [2.24, 2.45) is 5.92 Å². The molecule has 4 nitrogen and oxygen atoms in total. The zero-order chi connectivity index (χ0) is 11.7. The molecule has 1 aliphatic carbocycles. The molecule has 2 fully saturated rings. The van der Waals surface area contributed by atoms with Gasteiger partial charge in [0.05, 0.1) is 0 Å². The van der Waals surface area contributed by atoms with Crippen LogP contribution in [0.15, 0.2) is 0 Å². The van der Waals surface area contributed by atoms with Crippen molar-refractivity contribution in [3.63, 3.8) is 0 Å². The topological polar surface area (TPSA) is 32.3 Å². The Morgan fingerprint density at radius 2 is 1.88 bits per heavy atom. The van der Waals surface area contributed by atoms with E-state index >= 15 is 0 Å². The first kappa shape index (κ1) is 11.8. The SMILES string of the molecule is Clc1snnc1CN1CCN(CC2CC2)CC1. The van der Waals surface area contributed by atoms with Gasteiger partial charge in [0.25, 0.3) is 0 Å². The standard InChI is InChI=1S/C11H17ClN4S/c12-11-10(13-14-17-11)8-16-5-3-15(4-6-16)7-9-1-2-9/h9H,1-8H2. The quantitative estimate of drug-likeness (QED) is 0.836. The lowest BCUT2D eigenvalue weighted by atomic mass is 10.2. The van der Waals surface area contributed by atoms with Crippen molar-refractivity contribution in [1.82, 2.24) is 19.4 Å². The fourth-order valence-corrected chi connectivity index (χ4v) is 2.91. The summed E-state index contributed by atoms with van der Waals surface area (Å²) >= 11 is 7.30. The van der Waals surface area contributed by atoms with Gasteiger partial charge in [0.1, 0.15) is 10.0 Å². The lowest BCUT2D eigenvalue weighted by molar-refractivity contribution is 0.122. The van der Waals surface area contributed by atoms with E-state index in [9.17, 15) is 0 Å². The fraction of sp³-hybridized carbons (Fsp3) is 0.818. The summed E-state index contributed by atoms with van der Waals surface area (Å²) in [6.07, 6.45) is 2.89. The number of hydrogen-bond donors (Lipinski definition) is 0. The highest BCUT2D eigenvalue weighted by Gasteiger charge is 2.26. The molecule has 0 radical (unpaired) electrons. The van der Waals surface area contributed by atoms with E-state index in [1.165, 1.54) is 44.0 Å². The highest BCUT2D eigenvalue weighted by atomic mass is 35.5. The van der Waals surface area contributed by atoms with E-state index < -0.39 is 0 Å². The summed E-state index contributed by atoms with van der Waals surface area (Å²) < 4.78 is 4.61. The average molecular weight is 273 g/mol. The van der Waals surface area contributed by atoms with Crippen molar-refractivity contribution in [3.8, 4) is 0 Å². The van der Waals surface area contributed by atoms with Crippen molar-refractivity contribution in [1.29, 1.82) is 0 Å². The highest BCUT2D eigenvalue weighted by Crippen LogP contribution is 2.30. The Bertz CT molecular complexity index is 371. The molecule has 1 saturated carbocycles. The summed E-state index contributed by atoms with van der Waals surface area (Å²) in [5.74, 6) is 0.999. The van der Waals surface area contributed by atoms with Crippen LogP contribution >= 0.6 is 23.1 Å². The van der Waals surface area contributed by atoms with Gasteiger partial charge in [-0.25, -0.2) is 0 Å². The summed E-state index contributed by atoms with van der Waals surface area (Å²) in [7, 11) is 0. The molecule has 0 amide bonds. The fourth-order valence-electron chi connectivity index (χ4n) is 2.30. The van der Waals surface area contributed by atoms with Crippen LogP contribution in [-0.2, 0) is 6.54 Å². The van der Waals surface area contributed by atoms with Crippen molar-refractivity contribution < 1.29 is 0 Å². The minimum Gasteiger partial charge on any atom is -0.301 e. The first-order valence-corrected chi connectivity index (χ1v) is 7.38. The van der Waals surface area contributed by atoms with Crippen molar-refractivity contribution in [2.75, 3.05) is 32.7 Å². The molecule has 6 heteroatoms. The number of nitrogens with zero attached hydrogens (tertiary/aromatic N) is 4. The van der Waals surface area contributed by atoms with Gasteiger partial charge in [-0.05, 0) is 18.8 Å². The maximum absolute atomic E-state index is 6.02. The minimum atomic E-state index is 0.741. The number of aromatic nitrogens is 2. The number of rotatable bonds is 4. The van der Waals surface area contributed by atoms with E-state index in [0.717, 1.165) is 35.6 Å². The molecule has 0 atom stereocenters. The van der Waals surface area contributed by atoms with Gasteiger partial charge in [-0.1, -0.05) is 16.1 Å². The van der Waals surface area contributed by atoms with E-state index in [0.29, 0.717) is 0 Å². The van der Waals surface area contributed by atoms with Gasteiger partial charge >= 0.3 is 0 Å². The van der Waals surface area contributed by atoms with Crippen molar-refractivity contribution in [3.05, 3.63) is 10.0 Å². The molecular weight excluding hydrogens is 256 g/mol. The first-order chi connectivity index (χ1) is 8.31. The van der Waals surface area contributed by atoms with Gasteiger partial charge in [-0.3, -0.25) is 4.90 Å². The summed E-state index contributed by atoms with van der Waals surface area (Å²) in [5, 5.41) is 4.07. The average Bonchev–Trinajstić information content (AvgIpc) is 3.06. The minimum absolute atomic E-state index is 0.741. The Morgan fingerprint density at radius 3 is 2.47 bits per heavy atom. The summed E-state index contributed by atoms with van der Waals surface area (Å²) in [4.78, 5) is 5.01. The molecule has 0 unspecified atom stereocenters. The number of piperazine rings is 1. The van der Waals surface area contributed by atoms with Crippen LogP contribution in [-0.4, -0.2) is 52.1 Å². The molecule has 2 aliphatic rings. The molecule has 1 aliphatic heterocycles. The van der Waals surface area contributed by atoms with Crippen LogP contribution in [0.4, 0.5) is 0 Å². The third kappa shape index (κ3) is 3.16. The normalized spacial score (nSPS) is 23.1. The molecular formula is C11H17ClN4S. The molecule has 1 aromatic rings. The monoisotopic (exact) mass is 272 g/mol. The predicted molar refractivity (Wildman–Crippen MR) is 69.4 cm³/mol. The highest BCUT2D eigenvalue weighted by molar-refractivity contribution is 7.10. The maximum Gasteiger partial charge on any atom is 0.138 e. The molecule has 17 heavy (non-hydrogen) atoms. The predicted octanol–water partition coefficient (Wildman–Crippen LogP) is 1.72. The van der Waals surface area contributed by atoms with E-state index in [1.54, 1.807) is 0 Å². The Kier molecular flexibility index (Phi) is 3.61. The lowest BCUT2D eigenvalue weighted by Gasteiger charge is -2.34. The molecule has 1 saturated heterocycles. The molecule has 0 N–H and O–H groups in total. The van der Waals surface area contributed by atoms with Crippen LogP contribution in [0.5, 0.6) is 0 Å². The summed E-state index contributed by atoms with van der Waals surface area (Å²) in [6.45, 7) is 6.79.